The van der Waals surface area contributed by atoms with Crippen molar-refractivity contribution in [2.75, 3.05) is 20.3 Å². The van der Waals surface area contributed by atoms with E-state index in [1.54, 1.807) is 7.05 Å². The van der Waals surface area contributed by atoms with Gasteiger partial charge in [-0.25, -0.2) is 0 Å². The normalized spacial score (nSPS) is 14.2. The molecular formula is C16H24F3NO. The number of alkyl halides is 3. The zero-order chi connectivity index (χ0) is 16.1. The first kappa shape index (κ1) is 18.0. The minimum atomic E-state index is -4.27. The Labute approximate surface area is 124 Å². The molecule has 0 radical (unpaired) electrons. The molecule has 0 aliphatic carbocycles. The van der Waals surface area contributed by atoms with Crippen molar-refractivity contribution in [3.05, 3.63) is 35.4 Å². The minimum absolute atomic E-state index is 0.0387. The number of rotatable bonds is 6. The third kappa shape index (κ3) is 6.96. The number of hydrogen-bond donors (Lipinski definition) is 1. The lowest BCUT2D eigenvalue weighted by Crippen LogP contribution is -2.34. The Morgan fingerprint density at radius 3 is 2.10 bits per heavy atom. The fourth-order valence-corrected chi connectivity index (χ4v) is 1.99. The molecule has 0 heterocycles. The van der Waals surface area contributed by atoms with Crippen LogP contribution in [0.5, 0.6) is 0 Å². The van der Waals surface area contributed by atoms with Crippen LogP contribution >= 0.6 is 0 Å². The highest BCUT2D eigenvalue weighted by Gasteiger charge is 2.27. The van der Waals surface area contributed by atoms with Crippen LogP contribution in [0.1, 0.15) is 31.9 Å². The van der Waals surface area contributed by atoms with Gasteiger partial charge in [0.05, 0.1) is 6.61 Å². The van der Waals surface area contributed by atoms with E-state index in [1.807, 2.05) is 12.1 Å². The second-order valence-electron chi connectivity index (χ2n) is 6.27. The third-order valence-electron chi connectivity index (χ3n) is 3.30. The molecule has 2 nitrogen and oxygen atoms in total. The summed E-state index contributed by atoms with van der Waals surface area (Å²) in [5.41, 5.74) is 2.41. The van der Waals surface area contributed by atoms with Gasteiger partial charge >= 0.3 is 6.18 Å². The Hall–Kier alpha value is -1.07. The van der Waals surface area contributed by atoms with Gasteiger partial charge in [-0.05, 0) is 30.0 Å². The summed E-state index contributed by atoms with van der Waals surface area (Å²) >= 11 is 0. The fourth-order valence-electron chi connectivity index (χ4n) is 1.99. The molecule has 0 aliphatic heterocycles. The highest BCUT2D eigenvalue weighted by molar-refractivity contribution is 5.28. The van der Waals surface area contributed by atoms with Crippen LogP contribution in [0, 0.1) is 0 Å². The molecule has 1 unspecified atom stereocenters. The quantitative estimate of drug-likeness (QED) is 0.865. The van der Waals surface area contributed by atoms with E-state index in [4.69, 9.17) is 4.74 Å². The average Bonchev–Trinajstić information content (AvgIpc) is 2.35. The van der Waals surface area contributed by atoms with Crippen LogP contribution in [0.2, 0.25) is 0 Å². The van der Waals surface area contributed by atoms with Crippen molar-refractivity contribution >= 4 is 0 Å². The lowest BCUT2D eigenvalue weighted by molar-refractivity contribution is -0.175. The molecule has 0 bridgehead atoms. The van der Waals surface area contributed by atoms with E-state index in [2.05, 4.69) is 38.2 Å². The molecule has 1 rings (SSSR count). The summed E-state index contributed by atoms with van der Waals surface area (Å²) in [5, 5.41) is 2.99. The lowest BCUT2D eigenvalue weighted by atomic mass is 9.86. The monoisotopic (exact) mass is 303 g/mol. The maximum absolute atomic E-state index is 12.0. The molecule has 1 aromatic rings. The number of ether oxygens (including phenoxy) is 1. The topological polar surface area (TPSA) is 21.3 Å². The van der Waals surface area contributed by atoms with Gasteiger partial charge in [0, 0.05) is 6.04 Å². The van der Waals surface area contributed by atoms with E-state index < -0.39 is 12.8 Å². The van der Waals surface area contributed by atoms with Crippen LogP contribution in [-0.4, -0.2) is 32.5 Å². The number of likely N-dealkylation sites (N-methyl/N-ethyl adjacent to an activating group) is 1. The average molecular weight is 303 g/mol. The Balaban J connectivity index is 2.53. The Morgan fingerprint density at radius 1 is 1.10 bits per heavy atom. The molecule has 120 valence electrons. The van der Waals surface area contributed by atoms with Crippen molar-refractivity contribution in [3.8, 4) is 0 Å². The van der Waals surface area contributed by atoms with Crippen molar-refractivity contribution in [1.82, 2.24) is 5.32 Å². The maximum atomic E-state index is 12.0. The van der Waals surface area contributed by atoms with Crippen molar-refractivity contribution in [2.45, 2.75) is 44.8 Å². The Kier molecular flexibility index (Phi) is 6.23. The Bertz CT molecular complexity index is 421. The molecule has 0 saturated heterocycles. The predicted molar refractivity (Wildman–Crippen MR) is 78.6 cm³/mol. The zero-order valence-corrected chi connectivity index (χ0v) is 13.1. The molecule has 0 spiro atoms. The lowest BCUT2D eigenvalue weighted by Gasteiger charge is -2.20. The van der Waals surface area contributed by atoms with Crippen molar-refractivity contribution in [2.24, 2.45) is 0 Å². The van der Waals surface area contributed by atoms with Gasteiger partial charge in [-0.1, -0.05) is 45.0 Å². The molecule has 5 heteroatoms. The summed E-state index contributed by atoms with van der Waals surface area (Å²) in [4.78, 5) is 0. The fraction of sp³-hybridized carbons (Fsp3) is 0.625. The van der Waals surface area contributed by atoms with Gasteiger partial charge in [-0.2, -0.15) is 13.2 Å². The van der Waals surface area contributed by atoms with Crippen LogP contribution in [0.15, 0.2) is 24.3 Å². The first-order valence-electron chi connectivity index (χ1n) is 7.03. The first-order valence-corrected chi connectivity index (χ1v) is 7.03. The summed E-state index contributed by atoms with van der Waals surface area (Å²) in [6.45, 7) is 5.27. The maximum Gasteiger partial charge on any atom is 0.411 e. The standard InChI is InChI=1S/C16H24F3NO/c1-15(2,3)13-7-5-12(6-8-13)9-14(20-4)10-21-11-16(17,18)19/h5-8,14,20H,9-11H2,1-4H3. The van der Waals surface area contributed by atoms with E-state index in [0.717, 1.165) is 5.56 Å². The van der Waals surface area contributed by atoms with Crippen LogP contribution in [-0.2, 0) is 16.6 Å². The van der Waals surface area contributed by atoms with Crippen molar-refractivity contribution in [1.29, 1.82) is 0 Å². The molecule has 1 atom stereocenters. The third-order valence-corrected chi connectivity index (χ3v) is 3.30. The van der Waals surface area contributed by atoms with E-state index in [9.17, 15) is 13.2 Å². The predicted octanol–water partition coefficient (Wildman–Crippen LogP) is 3.69. The summed E-state index contributed by atoms with van der Waals surface area (Å²) in [6.07, 6.45) is -3.63. The van der Waals surface area contributed by atoms with E-state index in [0.29, 0.717) is 6.42 Å². The number of nitrogens with one attached hydrogen (secondary N) is 1. The molecule has 1 aromatic carbocycles. The summed E-state index contributed by atoms with van der Waals surface area (Å²) in [6, 6.07) is 8.05. The van der Waals surface area contributed by atoms with E-state index in [1.165, 1.54) is 5.56 Å². The first-order chi connectivity index (χ1) is 9.62. The molecule has 21 heavy (non-hydrogen) atoms. The van der Waals surface area contributed by atoms with Crippen LogP contribution < -0.4 is 5.32 Å². The summed E-state index contributed by atoms with van der Waals surface area (Å²) < 4.78 is 40.9. The van der Waals surface area contributed by atoms with E-state index in [-0.39, 0.29) is 18.1 Å². The molecule has 0 aromatic heterocycles. The van der Waals surface area contributed by atoms with Gasteiger partial charge in [0.15, 0.2) is 0 Å². The van der Waals surface area contributed by atoms with Crippen LogP contribution in [0.3, 0.4) is 0 Å². The van der Waals surface area contributed by atoms with Gasteiger partial charge in [-0.15, -0.1) is 0 Å². The van der Waals surface area contributed by atoms with Gasteiger partial charge in [0.1, 0.15) is 6.61 Å². The highest BCUT2D eigenvalue weighted by atomic mass is 19.4. The van der Waals surface area contributed by atoms with Gasteiger partial charge in [0.2, 0.25) is 0 Å². The number of halogens is 3. The smallest absolute Gasteiger partial charge is 0.370 e. The largest absolute Gasteiger partial charge is 0.411 e. The van der Waals surface area contributed by atoms with Crippen LogP contribution in [0.25, 0.3) is 0 Å². The number of benzene rings is 1. The van der Waals surface area contributed by atoms with Crippen molar-refractivity contribution in [3.63, 3.8) is 0 Å². The minimum Gasteiger partial charge on any atom is -0.370 e. The van der Waals surface area contributed by atoms with Crippen molar-refractivity contribution < 1.29 is 17.9 Å². The second-order valence-corrected chi connectivity index (χ2v) is 6.27. The summed E-state index contributed by atoms with van der Waals surface area (Å²) in [5.74, 6) is 0. The number of hydrogen-bond acceptors (Lipinski definition) is 2. The second kappa shape index (κ2) is 7.27. The zero-order valence-electron chi connectivity index (χ0n) is 13.1. The molecule has 0 fully saturated rings. The van der Waals surface area contributed by atoms with E-state index >= 15 is 0 Å². The highest BCUT2D eigenvalue weighted by Crippen LogP contribution is 2.22. The van der Waals surface area contributed by atoms with Gasteiger partial charge in [-0.3, -0.25) is 0 Å². The molecular weight excluding hydrogens is 279 g/mol. The van der Waals surface area contributed by atoms with Crippen LogP contribution in [0.4, 0.5) is 13.2 Å². The molecule has 0 amide bonds. The molecule has 0 aliphatic rings. The summed E-state index contributed by atoms with van der Waals surface area (Å²) in [7, 11) is 1.73. The van der Waals surface area contributed by atoms with Gasteiger partial charge < -0.3 is 10.1 Å². The van der Waals surface area contributed by atoms with Gasteiger partial charge in [0.25, 0.3) is 0 Å². The molecule has 1 N–H and O–H groups in total. The SMILES string of the molecule is CNC(COCC(F)(F)F)Cc1ccc(C(C)(C)C)cc1. The Morgan fingerprint density at radius 2 is 1.67 bits per heavy atom. The molecule has 0 saturated carbocycles.